The van der Waals surface area contributed by atoms with E-state index in [-0.39, 0.29) is 12.0 Å². The van der Waals surface area contributed by atoms with Crippen LogP contribution in [0.2, 0.25) is 0 Å². The maximum atomic E-state index is 12.2. The van der Waals surface area contributed by atoms with E-state index >= 15 is 0 Å². The molecule has 2 atom stereocenters. The third-order valence-corrected chi connectivity index (χ3v) is 4.34. The average Bonchev–Trinajstić information content (AvgIpc) is 3.06. The number of carbonyl (C=O) groups is 1. The Hall–Kier alpha value is -1.75. The van der Waals surface area contributed by atoms with Crippen LogP contribution >= 0.6 is 0 Å². The molecule has 5 heteroatoms. The first-order chi connectivity index (χ1) is 10.7. The van der Waals surface area contributed by atoms with Gasteiger partial charge in [-0.05, 0) is 37.9 Å². The van der Waals surface area contributed by atoms with Gasteiger partial charge in [0.2, 0.25) is 5.91 Å². The Morgan fingerprint density at radius 3 is 2.95 bits per heavy atom. The maximum Gasteiger partial charge on any atom is 0.222 e. The van der Waals surface area contributed by atoms with E-state index in [0.717, 1.165) is 24.5 Å². The molecular weight excluding hydrogens is 280 g/mol. The summed E-state index contributed by atoms with van der Waals surface area (Å²) in [5.41, 5.74) is 0. The van der Waals surface area contributed by atoms with Crippen LogP contribution in [0.1, 0.15) is 25.7 Å². The Labute approximate surface area is 131 Å². The molecule has 2 unspecified atom stereocenters. The van der Waals surface area contributed by atoms with Crippen LogP contribution in [-0.2, 0) is 4.79 Å². The zero-order chi connectivity index (χ0) is 15.4. The second kappa shape index (κ2) is 7.01. The summed E-state index contributed by atoms with van der Waals surface area (Å²) in [4.78, 5) is 14.0. The van der Waals surface area contributed by atoms with Crippen molar-refractivity contribution in [3.63, 3.8) is 0 Å². The van der Waals surface area contributed by atoms with Gasteiger partial charge < -0.3 is 19.7 Å². The Morgan fingerprint density at radius 1 is 1.36 bits per heavy atom. The first-order valence-electron chi connectivity index (χ1n) is 8.08. The lowest BCUT2D eigenvalue weighted by molar-refractivity contribution is -0.131. The second-order valence-corrected chi connectivity index (χ2v) is 6.10. The first-order valence-corrected chi connectivity index (χ1v) is 8.08. The van der Waals surface area contributed by atoms with Crippen molar-refractivity contribution < 1.29 is 14.3 Å². The molecule has 2 aliphatic rings. The number of nitrogens with zero attached hydrogens (tertiary/aromatic N) is 1. The zero-order valence-corrected chi connectivity index (χ0v) is 13.1. The molecule has 0 saturated carbocycles. The van der Waals surface area contributed by atoms with E-state index in [2.05, 4.69) is 5.32 Å². The molecule has 1 N–H and O–H groups in total. The minimum atomic E-state index is -0.103. The van der Waals surface area contributed by atoms with Crippen LogP contribution in [0.25, 0.3) is 0 Å². The summed E-state index contributed by atoms with van der Waals surface area (Å²) in [7, 11) is 1.84. The lowest BCUT2D eigenvalue weighted by Crippen LogP contribution is -2.42. The number of hydrogen-bond donors (Lipinski definition) is 1. The van der Waals surface area contributed by atoms with Crippen LogP contribution in [0.4, 0.5) is 0 Å². The van der Waals surface area contributed by atoms with Gasteiger partial charge in [-0.25, -0.2) is 0 Å². The Kier molecular flexibility index (Phi) is 4.83. The van der Waals surface area contributed by atoms with Gasteiger partial charge in [0, 0.05) is 19.5 Å². The molecule has 5 nitrogen and oxygen atoms in total. The summed E-state index contributed by atoms with van der Waals surface area (Å²) < 4.78 is 11.6. The number of para-hydroxylation sites is 2. The maximum absolute atomic E-state index is 12.2. The van der Waals surface area contributed by atoms with Crippen LogP contribution in [0.3, 0.4) is 0 Å². The summed E-state index contributed by atoms with van der Waals surface area (Å²) in [6.45, 7) is 2.13. The fraction of sp³-hybridized carbons (Fsp3) is 0.588. The van der Waals surface area contributed by atoms with Crippen molar-refractivity contribution in [1.29, 1.82) is 0 Å². The molecule has 0 spiro atoms. The molecule has 0 aliphatic carbocycles. The average molecular weight is 304 g/mol. The SMILES string of the molecule is CN(CC1COc2ccccc2O1)C(=O)CCC1CCCN1. The smallest absolute Gasteiger partial charge is 0.222 e. The van der Waals surface area contributed by atoms with Crippen molar-refractivity contribution in [1.82, 2.24) is 10.2 Å². The third kappa shape index (κ3) is 3.71. The molecule has 120 valence electrons. The third-order valence-electron chi connectivity index (χ3n) is 4.34. The minimum Gasteiger partial charge on any atom is -0.486 e. The predicted octanol–water partition coefficient (Wildman–Crippen LogP) is 1.82. The van der Waals surface area contributed by atoms with Crippen LogP contribution in [0, 0.1) is 0 Å². The molecule has 2 heterocycles. The molecule has 1 saturated heterocycles. The monoisotopic (exact) mass is 304 g/mol. The number of likely N-dealkylation sites (N-methyl/N-ethyl adjacent to an activating group) is 1. The Bertz CT molecular complexity index is 514. The lowest BCUT2D eigenvalue weighted by Gasteiger charge is -2.29. The van der Waals surface area contributed by atoms with Crippen LogP contribution in [-0.4, -0.2) is 49.7 Å². The highest BCUT2D eigenvalue weighted by molar-refractivity contribution is 5.75. The van der Waals surface area contributed by atoms with Gasteiger partial charge in [0.15, 0.2) is 17.6 Å². The number of amides is 1. The second-order valence-electron chi connectivity index (χ2n) is 6.10. The van der Waals surface area contributed by atoms with Crippen molar-refractivity contribution >= 4 is 5.91 Å². The lowest BCUT2D eigenvalue weighted by atomic mass is 10.1. The number of hydrogen-bond acceptors (Lipinski definition) is 4. The van der Waals surface area contributed by atoms with Gasteiger partial charge in [-0.2, -0.15) is 0 Å². The number of fused-ring (bicyclic) bond motifs is 1. The van der Waals surface area contributed by atoms with Gasteiger partial charge in [0.1, 0.15) is 6.61 Å². The van der Waals surface area contributed by atoms with Gasteiger partial charge in [-0.3, -0.25) is 4.79 Å². The van der Waals surface area contributed by atoms with Crippen molar-refractivity contribution in [3.05, 3.63) is 24.3 Å². The molecule has 2 aliphatic heterocycles. The molecule has 1 amide bonds. The van der Waals surface area contributed by atoms with Crippen LogP contribution < -0.4 is 14.8 Å². The highest BCUT2D eigenvalue weighted by Crippen LogP contribution is 2.30. The van der Waals surface area contributed by atoms with E-state index in [1.807, 2.05) is 31.3 Å². The summed E-state index contributed by atoms with van der Waals surface area (Å²) >= 11 is 0. The zero-order valence-electron chi connectivity index (χ0n) is 13.1. The van der Waals surface area contributed by atoms with Gasteiger partial charge >= 0.3 is 0 Å². The van der Waals surface area contributed by atoms with Crippen molar-refractivity contribution in [2.75, 3.05) is 26.7 Å². The number of benzene rings is 1. The molecule has 0 radical (unpaired) electrons. The van der Waals surface area contributed by atoms with E-state index in [1.54, 1.807) is 4.90 Å². The van der Waals surface area contributed by atoms with Crippen molar-refractivity contribution in [2.45, 2.75) is 37.8 Å². The van der Waals surface area contributed by atoms with E-state index in [9.17, 15) is 4.79 Å². The quantitative estimate of drug-likeness (QED) is 0.901. The molecule has 0 bridgehead atoms. The first kappa shape index (κ1) is 15.2. The van der Waals surface area contributed by atoms with E-state index in [4.69, 9.17) is 9.47 Å². The normalized spacial score (nSPS) is 23.3. The standard InChI is InChI=1S/C17H24N2O3/c1-19(17(20)9-8-13-5-4-10-18-13)11-14-12-21-15-6-2-3-7-16(15)22-14/h2-3,6-7,13-14,18H,4-5,8-12H2,1H3. The Morgan fingerprint density at radius 2 is 2.18 bits per heavy atom. The summed E-state index contributed by atoms with van der Waals surface area (Å²) in [5.74, 6) is 1.71. The fourth-order valence-electron chi connectivity index (χ4n) is 3.05. The molecule has 1 aromatic rings. The highest BCUT2D eigenvalue weighted by Gasteiger charge is 2.24. The van der Waals surface area contributed by atoms with Gasteiger partial charge in [0.05, 0.1) is 6.54 Å². The van der Waals surface area contributed by atoms with E-state index in [0.29, 0.717) is 25.6 Å². The van der Waals surface area contributed by atoms with Gasteiger partial charge in [-0.15, -0.1) is 0 Å². The molecule has 22 heavy (non-hydrogen) atoms. The molecule has 3 rings (SSSR count). The number of carbonyl (C=O) groups excluding carboxylic acids is 1. The number of rotatable bonds is 5. The molecule has 0 aromatic heterocycles. The minimum absolute atomic E-state index is 0.103. The van der Waals surface area contributed by atoms with Gasteiger partial charge in [-0.1, -0.05) is 12.1 Å². The number of ether oxygens (including phenoxy) is 2. The molecular formula is C17H24N2O3. The topological polar surface area (TPSA) is 50.8 Å². The largest absolute Gasteiger partial charge is 0.486 e. The summed E-state index contributed by atoms with van der Waals surface area (Å²) in [6.07, 6.45) is 3.83. The van der Waals surface area contributed by atoms with Crippen molar-refractivity contribution in [3.8, 4) is 11.5 Å². The van der Waals surface area contributed by atoms with Crippen LogP contribution in [0.5, 0.6) is 11.5 Å². The summed E-state index contributed by atoms with van der Waals surface area (Å²) in [6, 6.07) is 8.16. The van der Waals surface area contributed by atoms with Gasteiger partial charge in [0.25, 0.3) is 0 Å². The Balaban J connectivity index is 1.45. The van der Waals surface area contributed by atoms with Crippen LogP contribution in [0.15, 0.2) is 24.3 Å². The summed E-state index contributed by atoms with van der Waals surface area (Å²) in [5, 5.41) is 3.43. The molecule has 1 aromatic carbocycles. The predicted molar refractivity (Wildman–Crippen MR) is 84.2 cm³/mol. The van der Waals surface area contributed by atoms with Crippen molar-refractivity contribution in [2.24, 2.45) is 0 Å². The fourth-order valence-corrected chi connectivity index (χ4v) is 3.05. The van der Waals surface area contributed by atoms with E-state index in [1.165, 1.54) is 12.8 Å². The van der Waals surface area contributed by atoms with E-state index < -0.39 is 0 Å². The highest BCUT2D eigenvalue weighted by atomic mass is 16.6. The number of nitrogens with one attached hydrogen (secondary N) is 1. The molecule has 1 fully saturated rings.